The number of imidazole rings is 1. The number of aromatic amines is 2. The molecule has 0 unspecified atom stereocenters. The Balaban J connectivity index is 1.45. The molecule has 0 saturated heterocycles. The van der Waals surface area contributed by atoms with E-state index in [4.69, 9.17) is 17.2 Å². The molecule has 77 heavy (non-hydrogen) atoms. The van der Waals surface area contributed by atoms with Gasteiger partial charge in [0.05, 0.1) is 24.6 Å². The maximum atomic E-state index is 14.9. The van der Waals surface area contributed by atoms with Crippen LogP contribution < -0.4 is 54.4 Å². The number of aromatic nitrogens is 6. The van der Waals surface area contributed by atoms with Gasteiger partial charge < -0.3 is 69.5 Å². The molecule has 25 nitrogen and oxygen atoms in total. The van der Waals surface area contributed by atoms with Crippen LogP contribution in [0, 0.1) is 0 Å². The number of amides is 7. The van der Waals surface area contributed by atoms with Gasteiger partial charge in [0.25, 0.3) is 0 Å². The molecule has 26 heteroatoms. The molecule has 0 aliphatic carbocycles. The first kappa shape index (κ1) is 58.6. The van der Waals surface area contributed by atoms with Gasteiger partial charge in [-0.25, -0.2) is 14.5 Å². The van der Waals surface area contributed by atoms with Gasteiger partial charge in [-0.2, -0.15) is 11.8 Å². The van der Waals surface area contributed by atoms with Crippen LogP contribution in [0.2, 0.25) is 0 Å². The van der Waals surface area contributed by atoms with E-state index < -0.39 is 95.7 Å². The number of fused-ring (bicyclic) bond motifs is 3. The van der Waals surface area contributed by atoms with Crippen molar-refractivity contribution in [2.24, 2.45) is 17.2 Å². The number of H-pyrrole nitrogens is 2. The van der Waals surface area contributed by atoms with Crippen molar-refractivity contribution in [3.05, 3.63) is 102 Å². The van der Waals surface area contributed by atoms with E-state index in [-0.39, 0.29) is 63.7 Å². The lowest BCUT2D eigenvalue weighted by Gasteiger charge is -2.28. The second kappa shape index (κ2) is 29.6. The van der Waals surface area contributed by atoms with Crippen LogP contribution in [0.1, 0.15) is 67.5 Å². The minimum atomic E-state index is -1.52. The lowest BCUT2D eigenvalue weighted by atomic mass is 10.0. The molecule has 4 heterocycles. The van der Waals surface area contributed by atoms with Crippen molar-refractivity contribution in [1.82, 2.24) is 67.2 Å². The number of carboxylic acids is 1. The van der Waals surface area contributed by atoms with E-state index in [0.29, 0.717) is 54.8 Å². The topological polar surface area (TPSA) is 394 Å². The van der Waals surface area contributed by atoms with Gasteiger partial charge in [-0.3, -0.25) is 33.6 Å². The summed E-state index contributed by atoms with van der Waals surface area (Å²) in [7, 11) is 0. The Kier molecular flexibility index (Phi) is 22.5. The number of carbonyl (C=O) groups excluding carboxylic acids is 7. The largest absolute Gasteiger partial charge is 0.480 e. The summed E-state index contributed by atoms with van der Waals surface area (Å²) in [6.45, 7) is 0.260. The van der Waals surface area contributed by atoms with Gasteiger partial charge in [-0.15, -0.1) is 5.10 Å². The zero-order chi connectivity index (χ0) is 55.3. The normalized spacial score (nSPS) is 20.8. The molecule has 1 aliphatic rings. The molecule has 2 aromatic carbocycles. The Morgan fingerprint density at radius 2 is 1.43 bits per heavy atom. The second-order valence-corrected chi connectivity index (χ2v) is 19.9. The number of carbonyl (C=O) groups is 8. The minimum Gasteiger partial charge on any atom is -0.480 e. The summed E-state index contributed by atoms with van der Waals surface area (Å²) in [5.74, 6) is -6.54. The summed E-state index contributed by atoms with van der Waals surface area (Å²) in [5, 5.41) is 38.4. The molecule has 5 aromatic rings. The third kappa shape index (κ3) is 17.7. The van der Waals surface area contributed by atoms with E-state index in [1.54, 1.807) is 42.8 Å². The van der Waals surface area contributed by atoms with Crippen LogP contribution in [0.4, 0.5) is 0 Å². The van der Waals surface area contributed by atoms with E-state index in [2.05, 4.69) is 62.5 Å². The first-order valence-electron chi connectivity index (χ1n) is 25.6. The Morgan fingerprint density at radius 1 is 0.779 bits per heavy atom. The number of hydrogen-bond acceptors (Lipinski definition) is 15. The fraction of sp³-hybridized carbons (Fsp3) is 0.471. The van der Waals surface area contributed by atoms with Crippen LogP contribution in [0.15, 0.2) is 79.5 Å². The summed E-state index contributed by atoms with van der Waals surface area (Å²) in [6.07, 6.45) is 9.30. The molecule has 414 valence electrons. The third-order valence-corrected chi connectivity index (χ3v) is 13.6. The molecule has 0 spiro atoms. The van der Waals surface area contributed by atoms with Crippen LogP contribution in [-0.2, 0) is 70.6 Å². The highest BCUT2D eigenvalue weighted by Gasteiger charge is 2.36. The first-order valence-corrected chi connectivity index (χ1v) is 27.0. The zero-order valence-electron chi connectivity index (χ0n) is 42.9. The zero-order valence-corrected chi connectivity index (χ0v) is 43.7. The van der Waals surface area contributed by atoms with Crippen LogP contribution in [0.5, 0.6) is 0 Å². The molecule has 0 saturated carbocycles. The number of rotatable bonds is 22. The highest BCUT2D eigenvalue weighted by atomic mass is 32.2. The molecular weight excluding hydrogens is 1010 g/mol. The van der Waals surface area contributed by atoms with Crippen LogP contribution >= 0.6 is 11.8 Å². The third-order valence-electron chi connectivity index (χ3n) is 13.0. The van der Waals surface area contributed by atoms with Gasteiger partial charge in [0.15, 0.2) is 0 Å². The molecule has 16 N–H and O–H groups in total. The average molecular weight is 1080 g/mol. The van der Waals surface area contributed by atoms with E-state index in [0.717, 1.165) is 10.9 Å². The van der Waals surface area contributed by atoms with Gasteiger partial charge in [0, 0.05) is 60.9 Å². The number of carboxylic acid groups (broad SMARTS) is 1. The summed E-state index contributed by atoms with van der Waals surface area (Å²) in [4.78, 5) is 124. The summed E-state index contributed by atoms with van der Waals surface area (Å²) < 4.78 is 1.21. The maximum Gasteiger partial charge on any atom is 0.326 e. The number of nitrogens with one attached hydrogen (secondary N) is 9. The van der Waals surface area contributed by atoms with E-state index in [1.165, 1.54) is 35.2 Å². The van der Waals surface area contributed by atoms with Gasteiger partial charge >= 0.3 is 5.97 Å². The Labute approximate surface area is 448 Å². The van der Waals surface area contributed by atoms with E-state index in [9.17, 15) is 43.5 Å². The Bertz CT molecular complexity index is 2760. The minimum absolute atomic E-state index is 0.0531. The number of unbranched alkanes of at least 4 members (excludes halogenated alkanes) is 2. The fourth-order valence-electron chi connectivity index (χ4n) is 8.74. The molecule has 2 bridgehead atoms. The SMILES string of the molecule is CSCC[C@H](NC(=O)[C@@H]1Cc2cn(nn2)C[C@H](NC(=O)[C@@H](N)CCCCN)C(=O)N[C@@H](Cc2cnc[nH]2)C(=O)N[C@H](Cc2ccccc2)C(=O)N[C@@H](CCCCN)C(=O)N[C@@H](Cc2c[nH]c3ccccc23)C(=O)N1)C(=O)O. The number of thioether (sulfide) groups is 1. The smallest absolute Gasteiger partial charge is 0.326 e. The molecule has 0 radical (unpaired) electrons. The monoisotopic (exact) mass is 1080 g/mol. The molecular formula is C51H70N16O9S. The molecule has 6 rings (SSSR count). The van der Waals surface area contributed by atoms with Crippen LogP contribution in [-0.4, -0.2) is 156 Å². The number of benzene rings is 2. The Hall–Kier alpha value is -7.68. The number of nitrogens with zero attached hydrogens (tertiary/aromatic N) is 4. The highest BCUT2D eigenvalue weighted by molar-refractivity contribution is 7.98. The lowest BCUT2D eigenvalue weighted by Crippen LogP contribution is -2.61. The van der Waals surface area contributed by atoms with Crippen molar-refractivity contribution in [2.45, 2.75) is 126 Å². The molecule has 1 aliphatic heterocycles. The summed E-state index contributed by atoms with van der Waals surface area (Å²) >= 11 is 1.38. The number of hydrogen-bond donors (Lipinski definition) is 13. The summed E-state index contributed by atoms with van der Waals surface area (Å²) in [6, 6.07) is 5.28. The summed E-state index contributed by atoms with van der Waals surface area (Å²) in [5.41, 5.74) is 20.4. The van der Waals surface area contributed by atoms with Gasteiger partial charge in [-0.05, 0) is 80.8 Å². The van der Waals surface area contributed by atoms with Crippen molar-refractivity contribution in [3.63, 3.8) is 0 Å². The first-order chi connectivity index (χ1) is 37.1. The van der Waals surface area contributed by atoms with Gasteiger partial charge in [-0.1, -0.05) is 60.2 Å². The standard InChI is InChI=1S/C51H70N16O9S/c1-77-20-17-38(51(75)76)59-48(72)42-24-33-27-67(66-65-33)28-43(64-44(68)35(54)14-7-9-18-52)50(74)63-41(23-32-26-55-29-57-32)49(73)60-39(21-30-11-3-2-4-12-30)46(70)58-37(16-8-10-19-53)45(69)61-40(47(71)62-42)22-31-25-56-36-15-6-5-13-34(31)36/h2-6,11-13,15,25-27,29,35,37-43,56H,7-10,14,16-24,28,52-54H2,1H3,(H,55,57)(H,58,70)(H,59,72)(H,60,73)(H,61,69)(H,62,71)(H,63,74)(H,64,68)(H,75,76)/t35-,37-,38-,39+,40-,41-,42-,43-/m0/s1. The van der Waals surface area contributed by atoms with E-state index >= 15 is 0 Å². The van der Waals surface area contributed by atoms with Crippen molar-refractivity contribution >= 4 is 70.0 Å². The van der Waals surface area contributed by atoms with Crippen molar-refractivity contribution in [2.75, 3.05) is 25.1 Å². The molecule has 8 atom stereocenters. The van der Waals surface area contributed by atoms with Crippen LogP contribution in [0.25, 0.3) is 10.9 Å². The molecule has 7 amide bonds. The number of para-hydroxylation sites is 1. The lowest BCUT2D eigenvalue weighted by molar-refractivity contribution is -0.142. The van der Waals surface area contributed by atoms with Gasteiger partial charge in [0.1, 0.15) is 42.3 Å². The number of aliphatic carboxylic acids is 1. The van der Waals surface area contributed by atoms with Gasteiger partial charge in [0.2, 0.25) is 41.4 Å². The maximum absolute atomic E-state index is 14.9. The van der Waals surface area contributed by atoms with Crippen LogP contribution in [0.3, 0.4) is 0 Å². The highest BCUT2D eigenvalue weighted by Crippen LogP contribution is 2.20. The predicted molar refractivity (Wildman–Crippen MR) is 286 cm³/mol. The average Bonchev–Trinajstić information content (AvgIpc) is 4.21. The van der Waals surface area contributed by atoms with Crippen molar-refractivity contribution < 1.29 is 43.5 Å². The molecule has 3 aromatic heterocycles. The predicted octanol–water partition coefficient (Wildman–Crippen LogP) is -1.42. The van der Waals surface area contributed by atoms with Crippen molar-refractivity contribution in [1.29, 1.82) is 0 Å². The molecule has 0 fully saturated rings. The second-order valence-electron chi connectivity index (χ2n) is 18.9. The quantitative estimate of drug-likeness (QED) is 0.0354. The van der Waals surface area contributed by atoms with Crippen molar-refractivity contribution in [3.8, 4) is 0 Å². The van der Waals surface area contributed by atoms with E-state index in [1.807, 2.05) is 24.3 Å². The Morgan fingerprint density at radius 3 is 2.13 bits per heavy atom. The fourth-order valence-corrected chi connectivity index (χ4v) is 9.21. The number of nitrogens with two attached hydrogens (primary N) is 3.